The van der Waals surface area contributed by atoms with Crippen molar-refractivity contribution < 1.29 is 0 Å². The highest BCUT2D eigenvalue weighted by Crippen LogP contribution is 2.38. The molecule has 0 unspecified atom stereocenters. The Morgan fingerprint density at radius 2 is 1.29 bits per heavy atom. The third-order valence-electron chi connectivity index (χ3n) is 7.33. The molecule has 1 aliphatic rings. The second kappa shape index (κ2) is 7.21. The minimum Gasteiger partial charge on any atom is -0.264 e. The van der Waals surface area contributed by atoms with Crippen LogP contribution in [0, 0.1) is 6.92 Å². The fourth-order valence-corrected chi connectivity index (χ4v) is 11.4. The van der Waals surface area contributed by atoms with Crippen LogP contribution in [0.4, 0.5) is 0 Å². The molecule has 0 spiro atoms. The van der Waals surface area contributed by atoms with E-state index in [1.165, 1.54) is 53.4 Å². The van der Waals surface area contributed by atoms with Crippen molar-refractivity contribution in [3.05, 3.63) is 121 Å². The minimum atomic E-state index is -2.59. The largest absolute Gasteiger partial charge is 0.264 e. The fourth-order valence-electron chi connectivity index (χ4n) is 6.05. The average Bonchev–Trinajstić information content (AvgIpc) is 3.22. The zero-order valence-electron chi connectivity index (χ0n) is 18.9. The van der Waals surface area contributed by atoms with Gasteiger partial charge in [-0.1, -0.05) is 84.9 Å². The normalized spacial score (nSPS) is 13.7. The summed E-state index contributed by atoms with van der Waals surface area (Å²) >= 11 is 0. The maximum atomic E-state index is 4.81. The summed E-state index contributed by atoms with van der Waals surface area (Å²) in [6.45, 7) is 2.08. The molecule has 0 N–H and O–H groups in total. The Hall–Kier alpha value is -4.08. The van der Waals surface area contributed by atoms with Gasteiger partial charge in [-0.25, -0.2) is 0 Å². The molecule has 0 saturated heterocycles. The molecule has 7 rings (SSSR count). The molecule has 34 heavy (non-hydrogen) atoms. The lowest BCUT2D eigenvalue weighted by Crippen LogP contribution is -2.73. The molecule has 0 radical (unpaired) electrons. The standard InChI is InChI=1S/C31H22N2Si/c1-21-18-26-24-16-17-32-19-27(24)30-25-14-8-9-15-29(25)34(22-10-4-2-5-11-22,23-12-6-3-7-13-23)31(30)28(26)20-33-21/h2-20H,1H3. The lowest BCUT2D eigenvalue weighted by atomic mass is 9.95. The number of hydrogen-bond acceptors (Lipinski definition) is 2. The van der Waals surface area contributed by atoms with Gasteiger partial charge in [0.25, 0.3) is 0 Å². The molecular formula is C31H22N2Si. The van der Waals surface area contributed by atoms with E-state index in [1.807, 2.05) is 6.20 Å². The lowest BCUT2D eigenvalue weighted by molar-refractivity contribution is 1.23. The number of aromatic nitrogens is 2. The van der Waals surface area contributed by atoms with Crippen molar-refractivity contribution in [1.82, 2.24) is 9.97 Å². The van der Waals surface area contributed by atoms with Crippen LogP contribution in [0.15, 0.2) is 116 Å². The molecule has 3 heterocycles. The van der Waals surface area contributed by atoms with Gasteiger partial charge in [-0.15, -0.1) is 0 Å². The molecule has 0 saturated carbocycles. The molecule has 6 aromatic rings. The van der Waals surface area contributed by atoms with E-state index in [0.29, 0.717) is 0 Å². The average molecular weight is 451 g/mol. The van der Waals surface area contributed by atoms with Gasteiger partial charge in [0.15, 0.2) is 8.07 Å². The first-order valence-electron chi connectivity index (χ1n) is 11.7. The molecule has 1 aliphatic heterocycles. The monoisotopic (exact) mass is 450 g/mol. The van der Waals surface area contributed by atoms with Gasteiger partial charge in [-0.2, -0.15) is 0 Å². The third-order valence-corrected chi connectivity index (χ3v) is 12.2. The van der Waals surface area contributed by atoms with E-state index in [2.05, 4.69) is 121 Å². The highest BCUT2D eigenvalue weighted by Gasteiger charge is 2.50. The van der Waals surface area contributed by atoms with Crippen LogP contribution in [0.1, 0.15) is 5.69 Å². The quantitative estimate of drug-likeness (QED) is 0.287. The van der Waals surface area contributed by atoms with Gasteiger partial charge in [-0.05, 0) is 61.7 Å². The van der Waals surface area contributed by atoms with Crippen LogP contribution in [0.3, 0.4) is 0 Å². The SMILES string of the molecule is Cc1cc2c(cn1)c1c(c3cnccc32)-c2ccccc2[Si]1(c1ccccc1)c1ccccc1. The Balaban J connectivity index is 1.81. The van der Waals surface area contributed by atoms with Gasteiger partial charge in [0.2, 0.25) is 0 Å². The van der Waals surface area contributed by atoms with Gasteiger partial charge < -0.3 is 0 Å². The van der Waals surface area contributed by atoms with Crippen molar-refractivity contribution in [2.24, 2.45) is 0 Å². The van der Waals surface area contributed by atoms with Crippen LogP contribution in [0.25, 0.3) is 32.7 Å². The van der Waals surface area contributed by atoms with Gasteiger partial charge in [0.1, 0.15) is 0 Å². The third kappa shape index (κ3) is 2.45. The van der Waals surface area contributed by atoms with Gasteiger partial charge in [0.05, 0.1) is 0 Å². The van der Waals surface area contributed by atoms with Gasteiger partial charge in [0, 0.05) is 35.1 Å². The first-order chi connectivity index (χ1) is 16.8. The number of benzene rings is 4. The fraction of sp³-hybridized carbons (Fsp3) is 0.0323. The summed E-state index contributed by atoms with van der Waals surface area (Å²) in [4.78, 5) is 9.40. The number of hydrogen-bond donors (Lipinski definition) is 0. The number of rotatable bonds is 2. The van der Waals surface area contributed by atoms with Crippen LogP contribution in [0.5, 0.6) is 0 Å². The number of pyridine rings is 2. The number of aryl methyl sites for hydroxylation is 1. The molecule has 160 valence electrons. The van der Waals surface area contributed by atoms with Crippen molar-refractivity contribution in [3.63, 3.8) is 0 Å². The predicted molar refractivity (Wildman–Crippen MR) is 144 cm³/mol. The van der Waals surface area contributed by atoms with Crippen LogP contribution in [0.2, 0.25) is 0 Å². The molecule has 2 nitrogen and oxygen atoms in total. The van der Waals surface area contributed by atoms with Crippen LogP contribution in [-0.4, -0.2) is 18.0 Å². The summed E-state index contributed by atoms with van der Waals surface area (Å²) in [5, 5.41) is 10.7. The maximum Gasteiger partial charge on any atom is 0.181 e. The van der Waals surface area contributed by atoms with Crippen molar-refractivity contribution in [1.29, 1.82) is 0 Å². The molecule has 0 aliphatic carbocycles. The summed E-state index contributed by atoms with van der Waals surface area (Å²) in [5.74, 6) is 0. The smallest absolute Gasteiger partial charge is 0.181 e. The Labute approximate surface area is 199 Å². The van der Waals surface area contributed by atoms with Crippen LogP contribution < -0.4 is 20.7 Å². The summed E-state index contributed by atoms with van der Waals surface area (Å²) < 4.78 is 0. The van der Waals surface area contributed by atoms with Gasteiger partial charge in [-0.3, -0.25) is 9.97 Å². The molecule has 0 atom stereocenters. The summed E-state index contributed by atoms with van der Waals surface area (Å²) in [5.41, 5.74) is 3.70. The Bertz CT molecular complexity index is 1670. The van der Waals surface area contributed by atoms with E-state index >= 15 is 0 Å². The van der Waals surface area contributed by atoms with E-state index in [-0.39, 0.29) is 0 Å². The van der Waals surface area contributed by atoms with Crippen molar-refractivity contribution >= 4 is 50.4 Å². The van der Waals surface area contributed by atoms with Gasteiger partial charge >= 0.3 is 0 Å². The molecule has 0 amide bonds. The second-order valence-corrected chi connectivity index (χ2v) is 12.8. The Morgan fingerprint density at radius 1 is 0.618 bits per heavy atom. The molecule has 3 heteroatoms. The maximum absolute atomic E-state index is 4.81. The van der Waals surface area contributed by atoms with Crippen molar-refractivity contribution in [3.8, 4) is 11.1 Å². The molecule has 2 aromatic heterocycles. The van der Waals surface area contributed by atoms with Crippen LogP contribution in [-0.2, 0) is 0 Å². The topological polar surface area (TPSA) is 25.8 Å². The highest BCUT2D eigenvalue weighted by molar-refractivity contribution is 7.23. The molecule has 0 fully saturated rings. The highest BCUT2D eigenvalue weighted by atomic mass is 28.3. The van der Waals surface area contributed by atoms with E-state index in [1.54, 1.807) is 0 Å². The molecule has 0 bridgehead atoms. The number of fused-ring (bicyclic) bond motifs is 8. The zero-order chi connectivity index (χ0) is 22.7. The van der Waals surface area contributed by atoms with E-state index in [9.17, 15) is 0 Å². The minimum absolute atomic E-state index is 1.03. The van der Waals surface area contributed by atoms with E-state index in [0.717, 1.165) is 5.69 Å². The molecular weight excluding hydrogens is 428 g/mol. The second-order valence-electron chi connectivity index (χ2n) is 9.07. The number of nitrogens with zero attached hydrogens (tertiary/aromatic N) is 2. The first-order valence-corrected chi connectivity index (χ1v) is 13.7. The lowest BCUT2D eigenvalue weighted by Gasteiger charge is -2.32. The van der Waals surface area contributed by atoms with E-state index in [4.69, 9.17) is 4.98 Å². The summed E-state index contributed by atoms with van der Waals surface area (Å²) in [6.07, 6.45) is 6.08. The summed E-state index contributed by atoms with van der Waals surface area (Å²) in [6, 6.07) is 35.7. The van der Waals surface area contributed by atoms with E-state index < -0.39 is 8.07 Å². The van der Waals surface area contributed by atoms with Crippen molar-refractivity contribution in [2.45, 2.75) is 6.92 Å². The summed E-state index contributed by atoms with van der Waals surface area (Å²) in [7, 11) is -2.59. The Morgan fingerprint density at radius 3 is 2.03 bits per heavy atom. The Kier molecular flexibility index (Phi) is 4.11. The van der Waals surface area contributed by atoms with Crippen LogP contribution >= 0.6 is 0 Å². The zero-order valence-corrected chi connectivity index (χ0v) is 19.9. The molecule has 4 aromatic carbocycles. The van der Waals surface area contributed by atoms with Crippen molar-refractivity contribution in [2.75, 3.05) is 0 Å². The first kappa shape index (κ1) is 19.4. The predicted octanol–water partition coefficient (Wildman–Crippen LogP) is 4.45.